The summed E-state index contributed by atoms with van der Waals surface area (Å²) in [7, 11) is 0. The van der Waals surface area contributed by atoms with Gasteiger partial charge in [0.2, 0.25) is 0 Å². The minimum atomic E-state index is -0.754. The molecule has 0 aromatic heterocycles. The van der Waals surface area contributed by atoms with Crippen molar-refractivity contribution in [3.05, 3.63) is 47.3 Å². The lowest BCUT2D eigenvalue weighted by Crippen LogP contribution is -1.84. The van der Waals surface area contributed by atoms with Gasteiger partial charge in [0.25, 0.3) is 0 Å². The minimum Gasteiger partial charge on any atom is -0.237 e. The summed E-state index contributed by atoms with van der Waals surface area (Å²) in [6, 6.07) is 1.71. The third-order valence-electron chi connectivity index (χ3n) is 1.40. The Balaban J connectivity index is 3.46. The zero-order valence-corrected chi connectivity index (χ0v) is 6.14. The van der Waals surface area contributed by atoms with Gasteiger partial charge in [0.15, 0.2) is 5.69 Å². The molecule has 0 aliphatic heterocycles. The summed E-state index contributed by atoms with van der Waals surface area (Å²) >= 11 is 0. The van der Waals surface area contributed by atoms with Crippen LogP contribution in [0.15, 0.2) is 18.7 Å². The molecule has 0 spiro atoms. The number of halogens is 2. The predicted molar refractivity (Wildman–Crippen MR) is 42.7 cm³/mol. The second kappa shape index (κ2) is 3.14. The van der Waals surface area contributed by atoms with Crippen LogP contribution in [0.3, 0.4) is 0 Å². The van der Waals surface area contributed by atoms with E-state index in [0.717, 1.165) is 12.1 Å². The molecule has 0 bridgehead atoms. The highest BCUT2D eigenvalue weighted by Crippen LogP contribution is 2.24. The summed E-state index contributed by atoms with van der Waals surface area (Å²) in [5.41, 5.74) is -0.00565. The number of nitrogens with zero attached hydrogens (tertiary/aromatic N) is 1. The largest absolute Gasteiger partial charge is 0.237 e. The van der Waals surface area contributed by atoms with Gasteiger partial charge in [0, 0.05) is 11.6 Å². The van der Waals surface area contributed by atoms with E-state index < -0.39 is 11.6 Å². The van der Waals surface area contributed by atoms with Crippen LogP contribution in [-0.4, -0.2) is 0 Å². The first-order valence-corrected chi connectivity index (χ1v) is 3.18. The normalized spacial score (nSPS) is 9.08. The van der Waals surface area contributed by atoms with E-state index >= 15 is 0 Å². The van der Waals surface area contributed by atoms with Crippen molar-refractivity contribution < 1.29 is 8.78 Å². The highest BCUT2D eigenvalue weighted by Gasteiger charge is 2.07. The van der Waals surface area contributed by atoms with Crippen molar-refractivity contribution in [3.63, 3.8) is 0 Å². The van der Waals surface area contributed by atoms with Crippen molar-refractivity contribution in [2.45, 2.75) is 0 Å². The van der Waals surface area contributed by atoms with Crippen molar-refractivity contribution in [3.8, 4) is 0 Å². The maximum Gasteiger partial charge on any atom is 0.200 e. The maximum absolute atomic E-state index is 12.8. The molecule has 1 aromatic rings. The van der Waals surface area contributed by atoms with Gasteiger partial charge >= 0.3 is 0 Å². The Morgan fingerprint density at radius 2 is 2.08 bits per heavy atom. The van der Waals surface area contributed by atoms with E-state index in [1.165, 1.54) is 6.08 Å². The summed E-state index contributed by atoms with van der Waals surface area (Å²) in [5, 5.41) is 0. The SMILES string of the molecule is [C-]#[N+]c1cc(F)cc(F)c1C=C. The summed E-state index contributed by atoms with van der Waals surface area (Å²) < 4.78 is 25.4. The standard InChI is InChI=1S/C9H5F2N/c1-3-7-8(11)4-6(10)5-9(7)12-2/h3-5H,1H2. The molecular formula is C9H5F2N. The lowest BCUT2D eigenvalue weighted by Gasteiger charge is -1.99. The summed E-state index contributed by atoms with van der Waals surface area (Å²) in [5.74, 6) is -1.50. The molecule has 0 atom stereocenters. The molecule has 1 rings (SSSR count). The highest BCUT2D eigenvalue weighted by molar-refractivity contribution is 5.66. The van der Waals surface area contributed by atoms with Crippen LogP contribution in [0.5, 0.6) is 0 Å². The molecule has 0 saturated carbocycles. The highest BCUT2D eigenvalue weighted by atomic mass is 19.1. The summed E-state index contributed by atoms with van der Waals surface area (Å²) in [6.07, 6.45) is 1.20. The van der Waals surface area contributed by atoms with Crippen molar-refractivity contribution in [2.75, 3.05) is 0 Å². The third kappa shape index (κ3) is 1.32. The third-order valence-corrected chi connectivity index (χ3v) is 1.40. The molecular weight excluding hydrogens is 160 g/mol. The van der Waals surface area contributed by atoms with Gasteiger partial charge in [-0.2, -0.15) is 0 Å². The predicted octanol–water partition coefficient (Wildman–Crippen LogP) is 3.16. The van der Waals surface area contributed by atoms with E-state index in [9.17, 15) is 8.78 Å². The molecule has 0 radical (unpaired) electrons. The average Bonchev–Trinajstić information content (AvgIpc) is 2.03. The maximum atomic E-state index is 12.8. The number of rotatable bonds is 1. The van der Waals surface area contributed by atoms with Crippen molar-refractivity contribution >= 4 is 11.8 Å². The lowest BCUT2D eigenvalue weighted by atomic mass is 10.1. The van der Waals surface area contributed by atoms with Gasteiger partial charge in [0.05, 0.1) is 6.57 Å². The zero-order chi connectivity index (χ0) is 9.14. The average molecular weight is 165 g/mol. The number of hydrogen-bond acceptors (Lipinski definition) is 0. The van der Waals surface area contributed by atoms with Crippen LogP contribution in [0, 0.1) is 18.2 Å². The molecule has 12 heavy (non-hydrogen) atoms. The smallest absolute Gasteiger partial charge is 0.200 e. The molecule has 0 amide bonds. The van der Waals surface area contributed by atoms with Gasteiger partial charge < -0.3 is 0 Å². The Hall–Kier alpha value is -1.69. The topological polar surface area (TPSA) is 4.36 Å². The van der Waals surface area contributed by atoms with Gasteiger partial charge in [-0.25, -0.2) is 13.6 Å². The fraction of sp³-hybridized carbons (Fsp3) is 0. The minimum absolute atomic E-state index is 0.0476. The van der Waals surface area contributed by atoms with Gasteiger partial charge in [-0.3, -0.25) is 0 Å². The lowest BCUT2D eigenvalue weighted by molar-refractivity contribution is 0.583. The van der Waals surface area contributed by atoms with Crippen LogP contribution in [-0.2, 0) is 0 Å². The first-order valence-electron chi connectivity index (χ1n) is 3.18. The molecule has 1 aromatic carbocycles. The molecule has 0 aliphatic carbocycles. The van der Waals surface area contributed by atoms with Gasteiger partial charge in [-0.05, 0) is 6.07 Å². The fourth-order valence-electron chi connectivity index (χ4n) is 0.866. The quantitative estimate of drug-likeness (QED) is 0.563. The summed E-state index contributed by atoms with van der Waals surface area (Å²) in [4.78, 5) is 2.96. The molecule has 0 fully saturated rings. The number of benzene rings is 1. The van der Waals surface area contributed by atoms with Crippen LogP contribution >= 0.6 is 0 Å². The molecule has 0 unspecified atom stereocenters. The zero-order valence-electron chi connectivity index (χ0n) is 6.14. The van der Waals surface area contributed by atoms with Gasteiger partial charge in [-0.15, -0.1) is 0 Å². The van der Waals surface area contributed by atoms with Crippen LogP contribution in [0.4, 0.5) is 14.5 Å². The summed E-state index contributed by atoms with van der Waals surface area (Å²) in [6.45, 7) is 9.95. The Labute approximate surface area is 68.8 Å². The van der Waals surface area contributed by atoms with Gasteiger partial charge in [-0.1, -0.05) is 12.7 Å². The molecule has 0 aliphatic rings. The first kappa shape index (κ1) is 8.41. The van der Waals surface area contributed by atoms with Crippen LogP contribution in [0.25, 0.3) is 10.9 Å². The van der Waals surface area contributed by atoms with Crippen LogP contribution in [0.1, 0.15) is 5.56 Å². The molecule has 0 saturated heterocycles. The van der Waals surface area contributed by atoms with E-state index in [2.05, 4.69) is 11.4 Å². The van der Waals surface area contributed by atoms with Crippen LogP contribution in [0.2, 0.25) is 0 Å². The molecule has 60 valence electrons. The second-order valence-corrected chi connectivity index (χ2v) is 2.14. The first-order chi connectivity index (χ1) is 5.69. The Morgan fingerprint density at radius 3 is 2.58 bits per heavy atom. The van der Waals surface area contributed by atoms with E-state index in [1.54, 1.807) is 0 Å². The molecule has 0 heterocycles. The molecule has 0 N–H and O–H groups in total. The van der Waals surface area contributed by atoms with E-state index in [4.69, 9.17) is 6.57 Å². The fourth-order valence-corrected chi connectivity index (χ4v) is 0.866. The Bertz CT molecular complexity index is 364. The van der Waals surface area contributed by atoms with Crippen molar-refractivity contribution in [1.82, 2.24) is 0 Å². The molecule has 3 heteroatoms. The van der Waals surface area contributed by atoms with E-state index in [1.807, 2.05) is 0 Å². The number of hydrogen-bond donors (Lipinski definition) is 0. The van der Waals surface area contributed by atoms with Crippen molar-refractivity contribution in [2.24, 2.45) is 0 Å². The van der Waals surface area contributed by atoms with Crippen LogP contribution < -0.4 is 0 Å². The Morgan fingerprint density at radius 1 is 1.42 bits per heavy atom. The van der Waals surface area contributed by atoms with E-state index in [0.29, 0.717) is 0 Å². The second-order valence-electron chi connectivity index (χ2n) is 2.14. The molecule has 1 nitrogen and oxygen atoms in total. The Kier molecular flexibility index (Phi) is 2.20. The van der Waals surface area contributed by atoms with Gasteiger partial charge in [0.1, 0.15) is 11.6 Å². The van der Waals surface area contributed by atoms with Crippen molar-refractivity contribution in [1.29, 1.82) is 0 Å². The monoisotopic (exact) mass is 165 g/mol. The van der Waals surface area contributed by atoms with E-state index in [-0.39, 0.29) is 11.3 Å².